The summed E-state index contributed by atoms with van der Waals surface area (Å²) in [5, 5.41) is 0. The van der Waals surface area contributed by atoms with Gasteiger partial charge in [0.05, 0.1) is 0 Å². The van der Waals surface area contributed by atoms with Crippen LogP contribution in [0.15, 0.2) is 18.2 Å². The van der Waals surface area contributed by atoms with Gasteiger partial charge in [0.2, 0.25) is 5.91 Å². The molecule has 1 aliphatic rings. The molecule has 0 saturated carbocycles. The Labute approximate surface area is 126 Å². The number of carbonyl (C=O) groups is 1. The molecule has 1 heterocycles. The Morgan fingerprint density at radius 2 is 2.20 bits per heavy atom. The summed E-state index contributed by atoms with van der Waals surface area (Å²) in [5.41, 5.74) is 8.84. The fourth-order valence-corrected chi connectivity index (χ4v) is 2.70. The van der Waals surface area contributed by atoms with Crippen molar-refractivity contribution < 1.29 is 4.79 Å². The number of aryl methyl sites for hydroxylation is 1. The van der Waals surface area contributed by atoms with Gasteiger partial charge in [-0.3, -0.25) is 4.79 Å². The van der Waals surface area contributed by atoms with Crippen molar-refractivity contribution in [2.75, 3.05) is 6.54 Å². The summed E-state index contributed by atoms with van der Waals surface area (Å²) in [4.78, 5) is 14.5. The SMILES string of the molecule is Cc1cc(C(N)=S)ccc1CN1CCC(C)CCC1=O. The van der Waals surface area contributed by atoms with Gasteiger partial charge in [-0.25, -0.2) is 0 Å². The Bertz CT molecular complexity index is 527. The molecule has 108 valence electrons. The second kappa shape index (κ2) is 6.35. The van der Waals surface area contributed by atoms with Crippen LogP contribution in [0.3, 0.4) is 0 Å². The van der Waals surface area contributed by atoms with E-state index in [1.807, 2.05) is 30.0 Å². The number of likely N-dealkylation sites (tertiary alicyclic amines) is 1. The number of carbonyl (C=O) groups excluding carboxylic acids is 1. The second-order valence-corrected chi connectivity index (χ2v) is 6.19. The molecule has 0 bridgehead atoms. The van der Waals surface area contributed by atoms with E-state index in [0.29, 0.717) is 23.9 Å². The molecule has 1 unspecified atom stereocenters. The second-order valence-electron chi connectivity index (χ2n) is 5.75. The largest absolute Gasteiger partial charge is 0.389 e. The van der Waals surface area contributed by atoms with Crippen LogP contribution in [-0.2, 0) is 11.3 Å². The van der Waals surface area contributed by atoms with E-state index in [2.05, 4.69) is 6.92 Å². The minimum Gasteiger partial charge on any atom is -0.389 e. The van der Waals surface area contributed by atoms with Gasteiger partial charge in [0.25, 0.3) is 0 Å². The molecule has 0 aromatic heterocycles. The summed E-state index contributed by atoms with van der Waals surface area (Å²) < 4.78 is 0. The van der Waals surface area contributed by atoms with E-state index < -0.39 is 0 Å². The highest BCUT2D eigenvalue weighted by molar-refractivity contribution is 7.80. The van der Waals surface area contributed by atoms with Crippen LogP contribution in [0.1, 0.15) is 42.9 Å². The fourth-order valence-electron chi connectivity index (χ4n) is 2.57. The van der Waals surface area contributed by atoms with Gasteiger partial charge >= 0.3 is 0 Å². The minimum absolute atomic E-state index is 0.271. The first kappa shape index (κ1) is 15.0. The van der Waals surface area contributed by atoms with Crippen LogP contribution >= 0.6 is 12.2 Å². The molecule has 1 fully saturated rings. The van der Waals surface area contributed by atoms with Gasteiger partial charge in [-0.05, 0) is 42.9 Å². The number of hydrogen-bond donors (Lipinski definition) is 1. The minimum atomic E-state index is 0.271. The molecule has 1 saturated heterocycles. The molecule has 20 heavy (non-hydrogen) atoms. The van der Waals surface area contributed by atoms with Crippen molar-refractivity contribution in [3.63, 3.8) is 0 Å². The van der Waals surface area contributed by atoms with Gasteiger partial charge in [-0.2, -0.15) is 0 Å². The zero-order valence-corrected chi connectivity index (χ0v) is 13.0. The van der Waals surface area contributed by atoms with E-state index in [1.54, 1.807) is 0 Å². The predicted octanol–water partition coefficient (Wildman–Crippen LogP) is 2.78. The third-order valence-electron chi connectivity index (χ3n) is 4.08. The molecule has 2 N–H and O–H groups in total. The molecule has 0 radical (unpaired) electrons. The van der Waals surface area contributed by atoms with Crippen molar-refractivity contribution in [1.29, 1.82) is 0 Å². The molecule has 1 aromatic rings. The zero-order chi connectivity index (χ0) is 14.7. The Balaban J connectivity index is 2.13. The van der Waals surface area contributed by atoms with Gasteiger partial charge in [0.15, 0.2) is 0 Å². The molecule has 1 aliphatic heterocycles. The predicted molar refractivity (Wildman–Crippen MR) is 85.5 cm³/mol. The van der Waals surface area contributed by atoms with Gasteiger partial charge in [0.1, 0.15) is 4.99 Å². The number of nitrogens with two attached hydrogens (primary N) is 1. The molecular weight excluding hydrogens is 268 g/mol. The lowest BCUT2D eigenvalue weighted by Crippen LogP contribution is -2.30. The topological polar surface area (TPSA) is 46.3 Å². The zero-order valence-electron chi connectivity index (χ0n) is 12.2. The van der Waals surface area contributed by atoms with Gasteiger partial charge in [-0.15, -0.1) is 0 Å². The summed E-state index contributed by atoms with van der Waals surface area (Å²) in [7, 11) is 0. The van der Waals surface area contributed by atoms with Gasteiger partial charge < -0.3 is 10.6 Å². The van der Waals surface area contributed by atoms with Gasteiger partial charge in [0, 0.05) is 25.1 Å². The summed E-state index contributed by atoms with van der Waals surface area (Å²) in [6.07, 6.45) is 2.77. The molecule has 1 atom stereocenters. The number of thiocarbonyl (C=S) groups is 1. The first-order valence-corrected chi connectivity index (χ1v) is 7.55. The average Bonchev–Trinajstić information content (AvgIpc) is 2.56. The maximum absolute atomic E-state index is 12.1. The lowest BCUT2D eigenvalue weighted by atomic mass is 10.0. The lowest BCUT2D eigenvalue weighted by Gasteiger charge is -2.22. The number of amides is 1. The molecule has 0 spiro atoms. The molecule has 0 aliphatic carbocycles. The van der Waals surface area contributed by atoms with Crippen LogP contribution in [0.2, 0.25) is 0 Å². The van der Waals surface area contributed by atoms with Crippen LogP contribution in [0.4, 0.5) is 0 Å². The van der Waals surface area contributed by atoms with E-state index in [9.17, 15) is 4.79 Å². The van der Waals surface area contributed by atoms with E-state index in [-0.39, 0.29) is 5.91 Å². The third kappa shape index (κ3) is 3.57. The van der Waals surface area contributed by atoms with Crippen molar-refractivity contribution in [2.45, 2.75) is 39.7 Å². The quantitative estimate of drug-likeness (QED) is 0.871. The number of rotatable bonds is 3. The molecule has 1 aromatic carbocycles. The third-order valence-corrected chi connectivity index (χ3v) is 4.32. The average molecular weight is 290 g/mol. The highest BCUT2D eigenvalue weighted by atomic mass is 32.1. The van der Waals surface area contributed by atoms with Crippen LogP contribution < -0.4 is 5.73 Å². The first-order valence-electron chi connectivity index (χ1n) is 7.14. The van der Waals surface area contributed by atoms with Crippen LogP contribution in [0.25, 0.3) is 0 Å². The van der Waals surface area contributed by atoms with Crippen LogP contribution in [0, 0.1) is 12.8 Å². The number of hydrogen-bond acceptors (Lipinski definition) is 2. The monoisotopic (exact) mass is 290 g/mol. The van der Waals surface area contributed by atoms with Crippen molar-refractivity contribution in [3.8, 4) is 0 Å². The number of nitrogens with zero attached hydrogens (tertiary/aromatic N) is 1. The molecular formula is C16H22N2OS. The lowest BCUT2D eigenvalue weighted by molar-refractivity contribution is -0.131. The highest BCUT2D eigenvalue weighted by Crippen LogP contribution is 2.21. The standard InChI is InChI=1S/C16H22N2OS/c1-11-3-6-15(19)18(8-7-11)10-14-5-4-13(16(17)20)9-12(14)2/h4-5,9,11H,3,6-8,10H2,1-2H3,(H2,17,20). The van der Waals surface area contributed by atoms with Crippen LogP contribution in [-0.4, -0.2) is 22.3 Å². The van der Waals surface area contributed by atoms with E-state index in [1.165, 1.54) is 5.56 Å². The molecule has 4 heteroatoms. The van der Waals surface area contributed by atoms with Crippen molar-refractivity contribution in [1.82, 2.24) is 4.90 Å². The van der Waals surface area contributed by atoms with E-state index >= 15 is 0 Å². The first-order chi connectivity index (χ1) is 9.47. The van der Waals surface area contributed by atoms with Crippen molar-refractivity contribution in [3.05, 3.63) is 34.9 Å². The molecule has 1 amide bonds. The highest BCUT2D eigenvalue weighted by Gasteiger charge is 2.20. The Kier molecular flexibility index (Phi) is 4.76. The maximum Gasteiger partial charge on any atom is 0.222 e. The van der Waals surface area contributed by atoms with Crippen molar-refractivity contribution in [2.24, 2.45) is 11.7 Å². The number of benzene rings is 1. The molecule has 3 nitrogen and oxygen atoms in total. The van der Waals surface area contributed by atoms with E-state index in [4.69, 9.17) is 18.0 Å². The van der Waals surface area contributed by atoms with Crippen LogP contribution in [0.5, 0.6) is 0 Å². The Hall–Kier alpha value is -1.42. The van der Waals surface area contributed by atoms with Gasteiger partial charge in [-0.1, -0.05) is 31.3 Å². The molecule has 2 rings (SSSR count). The Morgan fingerprint density at radius 3 is 2.85 bits per heavy atom. The summed E-state index contributed by atoms with van der Waals surface area (Å²) in [6.45, 7) is 5.81. The summed E-state index contributed by atoms with van der Waals surface area (Å²) in [6, 6.07) is 5.98. The maximum atomic E-state index is 12.1. The van der Waals surface area contributed by atoms with E-state index in [0.717, 1.165) is 30.5 Å². The van der Waals surface area contributed by atoms with Crippen molar-refractivity contribution >= 4 is 23.1 Å². The normalized spacial score (nSPS) is 19.8. The summed E-state index contributed by atoms with van der Waals surface area (Å²) in [5.74, 6) is 0.911. The fraction of sp³-hybridized carbons (Fsp3) is 0.500. The summed E-state index contributed by atoms with van der Waals surface area (Å²) >= 11 is 4.99. The Morgan fingerprint density at radius 1 is 1.45 bits per heavy atom. The smallest absolute Gasteiger partial charge is 0.222 e.